The van der Waals surface area contributed by atoms with Gasteiger partial charge >= 0.3 is 0 Å². The van der Waals surface area contributed by atoms with E-state index in [-0.39, 0.29) is 39.5 Å². The molecule has 0 aromatic heterocycles. The Kier molecular flexibility index (Phi) is 11.6. The molecule has 1 N–H and O–H groups in total. The van der Waals surface area contributed by atoms with Crippen molar-refractivity contribution in [1.82, 2.24) is 10.2 Å². The number of hydrogen-bond acceptors (Lipinski definition) is 4. The monoisotopic (exact) mass is 743 g/mol. The molecule has 0 aliphatic carbocycles. The minimum absolute atomic E-state index is 0.0153. The summed E-state index contributed by atoms with van der Waals surface area (Å²) in [7, 11) is -4.31. The molecule has 242 valence electrons. The van der Waals surface area contributed by atoms with Crippen molar-refractivity contribution in [2.75, 3.05) is 10.8 Å². The van der Waals surface area contributed by atoms with Crippen LogP contribution in [0.2, 0.25) is 10.0 Å². The zero-order valence-corrected chi connectivity index (χ0v) is 29.9. The van der Waals surface area contributed by atoms with E-state index in [1.54, 1.807) is 24.3 Å². The molecule has 11 heteroatoms. The molecule has 0 spiro atoms. The van der Waals surface area contributed by atoms with Crippen LogP contribution in [0, 0.1) is 6.92 Å². The van der Waals surface area contributed by atoms with Gasteiger partial charge in [0, 0.05) is 23.0 Å². The van der Waals surface area contributed by atoms with Gasteiger partial charge in [0.15, 0.2) is 0 Å². The van der Waals surface area contributed by atoms with Gasteiger partial charge in [-0.1, -0.05) is 105 Å². The van der Waals surface area contributed by atoms with Crippen molar-refractivity contribution in [1.29, 1.82) is 0 Å². The molecule has 0 bridgehead atoms. The van der Waals surface area contributed by atoms with E-state index in [2.05, 4.69) is 21.2 Å². The van der Waals surface area contributed by atoms with Crippen molar-refractivity contribution in [2.24, 2.45) is 0 Å². The Morgan fingerprint density at radius 1 is 0.848 bits per heavy atom. The van der Waals surface area contributed by atoms with Gasteiger partial charge in [0.25, 0.3) is 10.0 Å². The smallest absolute Gasteiger partial charge is 0.264 e. The molecular weight excluding hydrogens is 709 g/mol. The minimum atomic E-state index is -4.31. The average Bonchev–Trinajstić information content (AvgIpc) is 3.00. The maximum atomic E-state index is 14.6. The van der Waals surface area contributed by atoms with Crippen molar-refractivity contribution in [3.63, 3.8) is 0 Å². The summed E-state index contributed by atoms with van der Waals surface area (Å²) in [5.41, 5.74) is 1.93. The third kappa shape index (κ3) is 9.12. The lowest BCUT2D eigenvalue weighted by molar-refractivity contribution is -0.140. The summed E-state index contributed by atoms with van der Waals surface area (Å²) in [6, 6.07) is 26.7. The lowest BCUT2D eigenvalue weighted by Crippen LogP contribution is -2.56. The standard InChI is InChI=1S/C35H36BrCl2N3O4S/c1-24-13-19-28(20-14-24)46(44,45)41(30-12-8-11-29(37)33(30)38)23-32(42)40(22-26-15-17-27(36)18-16-26)31(34(43)39-35(2,3)4)21-25-9-6-5-7-10-25/h5-20,31H,21-23H2,1-4H3,(H,39,43)/t31-/m0/s1. The van der Waals surface area contributed by atoms with Gasteiger partial charge in [0.05, 0.1) is 20.6 Å². The van der Waals surface area contributed by atoms with Crippen LogP contribution in [0.1, 0.15) is 37.5 Å². The Labute approximate surface area is 289 Å². The first-order valence-corrected chi connectivity index (χ1v) is 17.6. The number of carbonyl (C=O) groups is 2. The SMILES string of the molecule is Cc1ccc(S(=O)(=O)N(CC(=O)N(Cc2ccc(Br)cc2)[C@@H](Cc2ccccc2)C(=O)NC(C)(C)C)c2cccc(Cl)c2Cl)cc1. The van der Waals surface area contributed by atoms with Crippen LogP contribution in [-0.4, -0.2) is 43.3 Å². The summed E-state index contributed by atoms with van der Waals surface area (Å²) < 4.78 is 30.2. The molecule has 0 saturated heterocycles. The minimum Gasteiger partial charge on any atom is -0.350 e. The number of benzene rings is 4. The lowest BCUT2D eigenvalue weighted by atomic mass is 10.0. The Morgan fingerprint density at radius 2 is 1.48 bits per heavy atom. The molecule has 0 saturated carbocycles. The van der Waals surface area contributed by atoms with Gasteiger partial charge in [-0.3, -0.25) is 13.9 Å². The van der Waals surface area contributed by atoms with E-state index in [1.807, 2.05) is 82.3 Å². The van der Waals surface area contributed by atoms with E-state index in [0.29, 0.717) is 0 Å². The van der Waals surface area contributed by atoms with E-state index in [4.69, 9.17) is 23.2 Å². The van der Waals surface area contributed by atoms with Crippen LogP contribution in [0.4, 0.5) is 5.69 Å². The Bertz CT molecular complexity index is 1780. The fourth-order valence-electron chi connectivity index (χ4n) is 4.83. The second kappa shape index (κ2) is 15.0. The highest BCUT2D eigenvalue weighted by atomic mass is 79.9. The molecule has 0 fully saturated rings. The summed E-state index contributed by atoms with van der Waals surface area (Å²) in [6.07, 6.45) is 0.202. The second-order valence-corrected chi connectivity index (χ2v) is 15.6. The maximum absolute atomic E-state index is 14.6. The lowest BCUT2D eigenvalue weighted by Gasteiger charge is -2.35. The molecular formula is C35H36BrCl2N3O4S. The second-order valence-electron chi connectivity index (χ2n) is 12.0. The quantitative estimate of drug-likeness (QED) is 0.170. The first-order valence-electron chi connectivity index (χ1n) is 14.6. The van der Waals surface area contributed by atoms with Gasteiger partial charge < -0.3 is 10.2 Å². The number of anilines is 1. The molecule has 4 aromatic carbocycles. The Morgan fingerprint density at radius 3 is 2.09 bits per heavy atom. The van der Waals surface area contributed by atoms with E-state index in [9.17, 15) is 18.0 Å². The van der Waals surface area contributed by atoms with Crippen molar-refractivity contribution >= 4 is 66.7 Å². The highest BCUT2D eigenvalue weighted by molar-refractivity contribution is 9.10. The van der Waals surface area contributed by atoms with Crippen LogP contribution in [0.3, 0.4) is 0 Å². The van der Waals surface area contributed by atoms with Crippen molar-refractivity contribution in [2.45, 2.75) is 57.1 Å². The van der Waals surface area contributed by atoms with Crippen LogP contribution in [0.15, 0.2) is 106 Å². The molecule has 0 aliphatic rings. The molecule has 0 unspecified atom stereocenters. The summed E-state index contributed by atoms with van der Waals surface area (Å²) in [5.74, 6) is -0.963. The van der Waals surface area contributed by atoms with Crippen LogP contribution in [-0.2, 0) is 32.6 Å². The number of carbonyl (C=O) groups excluding carboxylic acids is 2. The third-order valence-electron chi connectivity index (χ3n) is 7.12. The van der Waals surface area contributed by atoms with Gasteiger partial charge in [0.1, 0.15) is 12.6 Å². The summed E-state index contributed by atoms with van der Waals surface area (Å²) in [5, 5.41) is 3.14. The molecule has 4 rings (SSSR count). The zero-order chi connectivity index (χ0) is 33.6. The van der Waals surface area contributed by atoms with Gasteiger partial charge in [0.2, 0.25) is 11.8 Å². The molecule has 0 heterocycles. The summed E-state index contributed by atoms with van der Waals surface area (Å²) >= 11 is 16.4. The van der Waals surface area contributed by atoms with E-state index in [1.165, 1.54) is 23.1 Å². The Hall–Kier alpha value is -3.37. The Balaban J connectivity index is 1.84. The number of amides is 2. The summed E-state index contributed by atoms with van der Waals surface area (Å²) in [6.45, 7) is 6.85. The average molecular weight is 746 g/mol. The number of hydrogen-bond donors (Lipinski definition) is 1. The van der Waals surface area contributed by atoms with Crippen LogP contribution in [0.25, 0.3) is 0 Å². The molecule has 2 amide bonds. The predicted octanol–water partition coefficient (Wildman–Crippen LogP) is 7.81. The normalized spacial score (nSPS) is 12.3. The maximum Gasteiger partial charge on any atom is 0.264 e. The number of nitrogens with one attached hydrogen (secondary N) is 1. The van der Waals surface area contributed by atoms with E-state index < -0.39 is 34.1 Å². The number of rotatable bonds is 11. The van der Waals surface area contributed by atoms with Crippen molar-refractivity contribution in [3.8, 4) is 0 Å². The van der Waals surface area contributed by atoms with Crippen molar-refractivity contribution < 1.29 is 18.0 Å². The summed E-state index contributed by atoms with van der Waals surface area (Å²) in [4.78, 5) is 30.0. The molecule has 0 radical (unpaired) electrons. The van der Waals surface area contributed by atoms with E-state index >= 15 is 0 Å². The van der Waals surface area contributed by atoms with Gasteiger partial charge in [-0.2, -0.15) is 0 Å². The zero-order valence-electron chi connectivity index (χ0n) is 26.0. The van der Waals surface area contributed by atoms with Gasteiger partial charge in [-0.05, 0) is 75.2 Å². The molecule has 0 aliphatic heterocycles. The molecule has 46 heavy (non-hydrogen) atoms. The molecule has 7 nitrogen and oxygen atoms in total. The highest BCUT2D eigenvalue weighted by Crippen LogP contribution is 2.36. The fourth-order valence-corrected chi connectivity index (χ4v) is 6.97. The number of sulfonamides is 1. The number of nitrogens with zero attached hydrogens (tertiary/aromatic N) is 2. The number of aryl methyl sites for hydroxylation is 1. The predicted molar refractivity (Wildman–Crippen MR) is 189 cm³/mol. The third-order valence-corrected chi connectivity index (χ3v) is 10.2. The largest absolute Gasteiger partial charge is 0.350 e. The first kappa shape index (κ1) is 35.5. The van der Waals surface area contributed by atoms with Crippen LogP contribution >= 0.6 is 39.1 Å². The molecule has 4 aromatic rings. The topological polar surface area (TPSA) is 86.8 Å². The first-order chi connectivity index (χ1) is 21.7. The van der Waals surface area contributed by atoms with E-state index in [0.717, 1.165) is 25.5 Å². The molecule has 1 atom stereocenters. The highest BCUT2D eigenvalue weighted by Gasteiger charge is 2.36. The fraction of sp³-hybridized carbons (Fsp3) is 0.257. The van der Waals surface area contributed by atoms with Gasteiger partial charge in [-0.25, -0.2) is 8.42 Å². The number of halogens is 3. The van der Waals surface area contributed by atoms with Crippen molar-refractivity contribution in [3.05, 3.63) is 128 Å². The van der Waals surface area contributed by atoms with Crippen LogP contribution < -0.4 is 9.62 Å². The van der Waals surface area contributed by atoms with Gasteiger partial charge in [-0.15, -0.1) is 0 Å². The van der Waals surface area contributed by atoms with Crippen LogP contribution in [0.5, 0.6) is 0 Å².